The molecule has 0 aliphatic heterocycles. The van der Waals surface area contributed by atoms with E-state index in [-0.39, 0.29) is 23.6 Å². The molecule has 0 radical (unpaired) electrons. The molecule has 7 heteroatoms. The van der Waals surface area contributed by atoms with Gasteiger partial charge in [-0.25, -0.2) is 9.78 Å². The minimum absolute atomic E-state index is 0.000408. The number of carboxylic acids is 1. The topological polar surface area (TPSA) is 97.8 Å². The maximum absolute atomic E-state index is 12.6. The fraction of sp³-hybridized carbons (Fsp3) is 0.350. The van der Waals surface area contributed by atoms with Gasteiger partial charge in [-0.05, 0) is 51.5 Å². The number of carbonyl (C=O) groups is 2. The molecule has 0 saturated heterocycles. The van der Waals surface area contributed by atoms with Crippen molar-refractivity contribution in [2.75, 3.05) is 5.32 Å². The number of hydrogen-bond acceptors (Lipinski definition) is 5. The van der Waals surface area contributed by atoms with Crippen LogP contribution in [0.2, 0.25) is 0 Å². The molecule has 0 fully saturated rings. The molecule has 2 aromatic rings. The Hall–Kier alpha value is -3.09. The van der Waals surface area contributed by atoms with E-state index in [2.05, 4.69) is 10.3 Å². The molecule has 1 aromatic heterocycles. The van der Waals surface area contributed by atoms with Crippen LogP contribution in [0.25, 0.3) is 0 Å². The highest BCUT2D eigenvalue weighted by Gasteiger charge is 2.14. The van der Waals surface area contributed by atoms with Crippen LogP contribution in [0.5, 0.6) is 11.5 Å². The SMILES string of the molecule is CC[C@@H](C)Oc1cc(OC(C)C)cc(C(=O)Nc2ccc(C(=O)O)cn2)c1. The first-order chi connectivity index (χ1) is 12.8. The molecule has 0 saturated carbocycles. The number of nitrogens with zero attached hydrogens (tertiary/aromatic N) is 1. The zero-order valence-electron chi connectivity index (χ0n) is 15.9. The van der Waals surface area contributed by atoms with Crippen LogP contribution in [0, 0.1) is 0 Å². The molecule has 1 amide bonds. The zero-order valence-corrected chi connectivity index (χ0v) is 15.9. The molecule has 7 nitrogen and oxygen atoms in total. The fourth-order valence-corrected chi connectivity index (χ4v) is 2.21. The van der Waals surface area contributed by atoms with Crippen LogP contribution in [-0.4, -0.2) is 34.2 Å². The number of aromatic nitrogens is 1. The number of aromatic carboxylic acids is 1. The molecular formula is C20H24N2O5. The number of pyridine rings is 1. The van der Waals surface area contributed by atoms with Gasteiger partial charge in [0, 0.05) is 17.8 Å². The van der Waals surface area contributed by atoms with Gasteiger partial charge in [-0.3, -0.25) is 4.79 Å². The molecule has 2 rings (SSSR count). The number of ether oxygens (including phenoxy) is 2. The summed E-state index contributed by atoms with van der Waals surface area (Å²) in [7, 11) is 0. The molecule has 0 bridgehead atoms. The number of rotatable bonds is 8. The van der Waals surface area contributed by atoms with Gasteiger partial charge in [-0.15, -0.1) is 0 Å². The maximum atomic E-state index is 12.6. The normalized spacial score (nSPS) is 11.7. The minimum atomic E-state index is -1.08. The molecule has 0 aliphatic rings. The third-order valence-corrected chi connectivity index (χ3v) is 3.68. The highest BCUT2D eigenvalue weighted by atomic mass is 16.5. The number of carboxylic acid groups (broad SMARTS) is 1. The van der Waals surface area contributed by atoms with E-state index in [4.69, 9.17) is 14.6 Å². The lowest BCUT2D eigenvalue weighted by molar-refractivity contribution is 0.0696. The summed E-state index contributed by atoms with van der Waals surface area (Å²) < 4.78 is 11.5. The first kappa shape index (κ1) is 20.2. The Morgan fingerprint density at radius 3 is 2.26 bits per heavy atom. The summed E-state index contributed by atoms with van der Waals surface area (Å²) in [5, 5.41) is 11.6. The maximum Gasteiger partial charge on any atom is 0.337 e. The number of carbonyl (C=O) groups excluding carboxylic acids is 1. The first-order valence-corrected chi connectivity index (χ1v) is 8.77. The smallest absolute Gasteiger partial charge is 0.337 e. The van der Waals surface area contributed by atoms with Crippen LogP contribution in [0.1, 0.15) is 54.8 Å². The van der Waals surface area contributed by atoms with Crippen molar-refractivity contribution in [1.29, 1.82) is 0 Å². The minimum Gasteiger partial charge on any atom is -0.491 e. The summed E-state index contributed by atoms with van der Waals surface area (Å²) in [4.78, 5) is 27.4. The first-order valence-electron chi connectivity index (χ1n) is 8.77. The highest BCUT2D eigenvalue weighted by molar-refractivity contribution is 6.04. The Morgan fingerprint density at radius 2 is 1.74 bits per heavy atom. The number of anilines is 1. The van der Waals surface area contributed by atoms with E-state index in [1.807, 2.05) is 27.7 Å². The van der Waals surface area contributed by atoms with Crippen molar-refractivity contribution in [1.82, 2.24) is 4.98 Å². The van der Waals surface area contributed by atoms with E-state index >= 15 is 0 Å². The molecule has 0 aliphatic carbocycles. The summed E-state index contributed by atoms with van der Waals surface area (Å²) >= 11 is 0. The lowest BCUT2D eigenvalue weighted by Crippen LogP contribution is -2.15. The van der Waals surface area contributed by atoms with Crippen molar-refractivity contribution in [3.63, 3.8) is 0 Å². The van der Waals surface area contributed by atoms with Gasteiger partial charge in [-0.2, -0.15) is 0 Å². The lowest BCUT2D eigenvalue weighted by atomic mass is 10.1. The van der Waals surface area contributed by atoms with Gasteiger partial charge in [0.2, 0.25) is 0 Å². The largest absolute Gasteiger partial charge is 0.491 e. The van der Waals surface area contributed by atoms with Gasteiger partial charge >= 0.3 is 5.97 Å². The lowest BCUT2D eigenvalue weighted by Gasteiger charge is -2.17. The zero-order chi connectivity index (χ0) is 20.0. The Balaban J connectivity index is 2.24. The Morgan fingerprint density at radius 1 is 1.07 bits per heavy atom. The summed E-state index contributed by atoms with van der Waals surface area (Å²) in [6, 6.07) is 7.83. The third kappa shape index (κ3) is 5.99. The molecule has 144 valence electrons. The van der Waals surface area contributed by atoms with Crippen molar-refractivity contribution in [3.8, 4) is 11.5 Å². The van der Waals surface area contributed by atoms with E-state index in [1.165, 1.54) is 18.3 Å². The third-order valence-electron chi connectivity index (χ3n) is 3.68. The van der Waals surface area contributed by atoms with E-state index in [9.17, 15) is 9.59 Å². The monoisotopic (exact) mass is 372 g/mol. The van der Waals surface area contributed by atoms with E-state index in [0.717, 1.165) is 6.42 Å². The van der Waals surface area contributed by atoms with Crippen LogP contribution in [-0.2, 0) is 0 Å². The van der Waals surface area contributed by atoms with Crippen molar-refractivity contribution in [2.24, 2.45) is 0 Å². The van der Waals surface area contributed by atoms with Crippen LogP contribution in [0.3, 0.4) is 0 Å². The average Bonchev–Trinajstić information content (AvgIpc) is 2.61. The average molecular weight is 372 g/mol. The van der Waals surface area contributed by atoms with Crippen molar-refractivity contribution < 1.29 is 24.2 Å². The molecule has 1 atom stereocenters. The van der Waals surface area contributed by atoms with Gasteiger partial charge < -0.3 is 19.9 Å². The molecular weight excluding hydrogens is 348 g/mol. The summed E-state index contributed by atoms with van der Waals surface area (Å²) in [5.41, 5.74) is 0.403. The van der Waals surface area contributed by atoms with Crippen LogP contribution >= 0.6 is 0 Å². The summed E-state index contributed by atoms with van der Waals surface area (Å²) in [6.45, 7) is 7.76. The van der Waals surface area contributed by atoms with Crippen LogP contribution < -0.4 is 14.8 Å². The second-order valence-electron chi connectivity index (χ2n) is 6.39. The number of hydrogen-bond donors (Lipinski definition) is 2. The van der Waals surface area contributed by atoms with Crippen LogP contribution in [0.15, 0.2) is 36.5 Å². The van der Waals surface area contributed by atoms with Gasteiger partial charge in [0.25, 0.3) is 5.91 Å². The number of benzene rings is 1. The van der Waals surface area contributed by atoms with Gasteiger partial charge in [-0.1, -0.05) is 6.92 Å². The fourth-order valence-electron chi connectivity index (χ4n) is 2.21. The number of nitrogens with one attached hydrogen (secondary N) is 1. The van der Waals surface area contributed by atoms with Crippen molar-refractivity contribution in [3.05, 3.63) is 47.7 Å². The predicted octanol–water partition coefficient (Wildman–Crippen LogP) is 4.00. The van der Waals surface area contributed by atoms with E-state index in [1.54, 1.807) is 18.2 Å². The van der Waals surface area contributed by atoms with Gasteiger partial charge in [0.05, 0.1) is 17.8 Å². The number of amides is 1. The highest BCUT2D eigenvalue weighted by Crippen LogP contribution is 2.26. The van der Waals surface area contributed by atoms with Gasteiger partial charge in [0.1, 0.15) is 17.3 Å². The quantitative estimate of drug-likeness (QED) is 0.727. The van der Waals surface area contributed by atoms with E-state index < -0.39 is 11.9 Å². The predicted molar refractivity (Wildman–Crippen MR) is 102 cm³/mol. The second-order valence-corrected chi connectivity index (χ2v) is 6.39. The molecule has 1 aromatic carbocycles. The van der Waals surface area contributed by atoms with Gasteiger partial charge in [0.15, 0.2) is 0 Å². The molecule has 2 N–H and O–H groups in total. The van der Waals surface area contributed by atoms with Crippen molar-refractivity contribution in [2.45, 2.75) is 46.3 Å². The van der Waals surface area contributed by atoms with Crippen molar-refractivity contribution >= 4 is 17.7 Å². The van der Waals surface area contributed by atoms with E-state index in [0.29, 0.717) is 17.1 Å². The molecule has 27 heavy (non-hydrogen) atoms. The summed E-state index contributed by atoms with van der Waals surface area (Å²) in [5.74, 6) is -0.143. The Bertz CT molecular complexity index is 803. The standard InChI is InChI=1S/C20H24N2O5/c1-5-13(4)27-17-9-15(8-16(10-17)26-12(2)3)19(23)22-18-7-6-14(11-21-18)20(24)25/h6-13H,5H2,1-4H3,(H,24,25)(H,21,22,23)/t13-/m1/s1. The molecule has 0 spiro atoms. The Kier molecular flexibility index (Phi) is 6.76. The Labute approximate surface area is 158 Å². The second kappa shape index (κ2) is 9.02. The molecule has 1 heterocycles. The molecule has 0 unspecified atom stereocenters. The van der Waals surface area contributed by atoms with Crippen LogP contribution in [0.4, 0.5) is 5.82 Å². The summed E-state index contributed by atoms with van der Waals surface area (Å²) in [6.07, 6.45) is 1.97.